The van der Waals surface area contributed by atoms with E-state index in [0.29, 0.717) is 5.75 Å². The predicted molar refractivity (Wildman–Crippen MR) is 71.0 cm³/mol. The molecule has 0 unspecified atom stereocenters. The highest BCUT2D eigenvalue weighted by Gasteiger charge is 2.21. The van der Waals surface area contributed by atoms with E-state index in [2.05, 4.69) is 0 Å². The Balaban J connectivity index is 2.38. The SMILES string of the molecule is Cc1ccc(Oc2ccc([N+](=O)[O-])cc2[N+](=O)[O-])cc1. The maximum atomic E-state index is 10.9. The fourth-order valence-corrected chi connectivity index (χ4v) is 1.58. The zero-order chi connectivity index (χ0) is 14.7. The molecule has 0 saturated heterocycles. The highest BCUT2D eigenvalue weighted by atomic mass is 16.6. The lowest BCUT2D eigenvalue weighted by Gasteiger charge is -2.06. The lowest BCUT2D eigenvalue weighted by atomic mass is 10.2. The van der Waals surface area contributed by atoms with Gasteiger partial charge in [0.15, 0.2) is 0 Å². The first-order valence-corrected chi connectivity index (χ1v) is 5.65. The van der Waals surface area contributed by atoms with Crippen molar-refractivity contribution in [1.82, 2.24) is 0 Å². The van der Waals surface area contributed by atoms with E-state index in [9.17, 15) is 20.2 Å². The van der Waals surface area contributed by atoms with Crippen LogP contribution in [0.15, 0.2) is 42.5 Å². The molecular weight excluding hydrogens is 264 g/mol. The summed E-state index contributed by atoms with van der Waals surface area (Å²) in [6.07, 6.45) is 0. The summed E-state index contributed by atoms with van der Waals surface area (Å²) >= 11 is 0. The number of nitro groups is 2. The van der Waals surface area contributed by atoms with Crippen LogP contribution in [0.25, 0.3) is 0 Å². The number of aryl methyl sites for hydroxylation is 1. The molecule has 2 aromatic rings. The number of non-ortho nitro benzene ring substituents is 1. The van der Waals surface area contributed by atoms with Crippen molar-refractivity contribution in [2.24, 2.45) is 0 Å². The molecule has 0 aliphatic heterocycles. The second-order valence-electron chi connectivity index (χ2n) is 4.08. The highest BCUT2D eigenvalue weighted by Crippen LogP contribution is 2.34. The molecule has 0 aliphatic carbocycles. The quantitative estimate of drug-likeness (QED) is 0.626. The molecule has 0 aliphatic rings. The second kappa shape index (κ2) is 5.35. The number of ether oxygens (including phenoxy) is 1. The third-order valence-corrected chi connectivity index (χ3v) is 2.60. The Hall–Kier alpha value is -2.96. The minimum absolute atomic E-state index is 0.0375. The van der Waals surface area contributed by atoms with Crippen molar-refractivity contribution in [2.45, 2.75) is 6.92 Å². The maximum absolute atomic E-state index is 10.9. The fourth-order valence-electron chi connectivity index (χ4n) is 1.58. The van der Waals surface area contributed by atoms with Crippen molar-refractivity contribution in [2.75, 3.05) is 0 Å². The third kappa shape index (κ3) is 2.89. The number of hydrogen-bond donors (Lipinski definition) is 0. The Kier molecular flexibility index (Phi) is 3.60. The van der Waals surface area contributed by atoms with E-state index in [1.54, 1.807) is 24.3 Å². The van der Waals surface area contributed by atoms with Gasteiger partial charge in [-0.1, -0.05) is 17.7 Å². The Morgan fingerprint density at radius 2 is 1.60 bits per heavy atom. The molecular formula is C13H10N2O5. The van der Waals surface area contributed by atoms with Crippen LogP contribution < -0.4 is 4.74 Å². The van der Waals surface area contributed by atoms with E-state index in [-0.39, 0.29) is 11.4 Å². The van der Waals surface area contributed by atoms with Crippen LogP contribution in [0.5, 0.6) is 11.5 Å². The minimum Gasteiger partial charge on any atom is -0.450 e. The van der Waals surface area contributed by atoms with Gasteiger partial charge < -0.3 is 4.74 Å². The first-order valence-electron chi connectivity index (χ1n) is 5.65. The summed E-state index contributed by atoms with van der Waals surface area (Å²) in [5.74, 6) is 0.386. The summed E-state index contributed by atoms with van der Waals surface area (Å²) < 4.78 is 5.40. The summed E-state index contributed by atoms with van der Waals surface area (Å²) in [6.45, 7) is 1.90. The van der Waals surface area contributed by atoms with E-state index >= 15 is 0 Å². The summed E-state index contributed by atoms with van der Waals surface area (Å²) in [5.41, 5.74) is 0.225. The van der Waals surface area contributed by atoms with Gasteiger partial charge in [0, 0.05) is 6.07 Å². The molecule has 2 aromatic carbocycles. The molecule has 0 saturated carbocycles. The molecule has 0 aromatic heterocycles. The third-order valence-electron chi connectivity index (χ3n) is 2.60. The molecule has 2 rings (SSSR count). The first kappa shape index (κ1) is 13.5. The smallest absolute Gasteiger partial charge is 0.318 e. The van der Waals surface area contributed by atoms with Gasteiger partial charge in [-0.3, -0.25) is 20.2 Å². The van der Waals surface area contributed by atoms with Crippen LogP contribution in [-0.2, 0) is 0 Å². The van der Waals surface area contributed by atoms with Crippen LogP contribution in [0, 0.1) is 27.2 Å². The van der Waals surface area contributed by atoms with E-state index in [1.165, 1.54) is 6.07 Å². The molecule has 0 fully saturated rings. The van der Waals surface area contributed by atoms with Crippen LogP contribution in [0.1, 0.15) is 5.56 Å². The highest BCUT2D eigenvalue weighted by molar-refractivity contribution is 5.54. The van der Waals surface area contributed by atoms with Gasteiger partial charge >= 0.3 is 5.69 Å². The Bertz CT molecular complexity index is 667. The largest absolute Gasteiger partial charge is 0.450 e. The van der Waals surface area contributed by atoms with Gasteiger partial charge in [0.25, 0.3) is 5.69 Å². The maximum Gasteiger partial charge on any atom is 0.318 e. The molecule has 7 nitrogen and oxygen atoms in total. The Labute approximate surface area is 113 Å². The zero-order valence-electron chi connectivity index (χ0n) is 10.5. The molecule has 0 heterocycles. The molecule has 0 spiro atoms. The number of nitro benzene ring substituents is 2. The van der Waals surface area contributed by atoms with Crippen molar-refractivity contribution in [3.05, 3.63) is 68.3 Å². The summed E-state index contributed by atoms with van der Waals surface area (Å²) in [5, 5.41) is 21.6. The standard InChI is InChI=1S/C13H10N2O5/c1-9-2-5-11(6-3-9)20-13-7-4-10(14(16)17)8-12(13)15(18)19/h2-8H,1H3. The summed E-state index contributed by atoms with van der Waals surface area (Å²) in [4.78, 5) is 20.2. The number of hydrogen-bond acceptors (Lipinski definition) is 5. The topological polar surface area (TPSA) is 95.5 Å². The molecule has 0 N–H and O–H groups in total. The number of rotatable bonds is 4. The zero-order valence-corrected chi connectivity index (χ0v) is 10.5. The Morgan fingerprint density at radius 1 is 0.950 bits per heavy atom. The van der Waals surface area contributed by atoms with Crippen molar-refractivity contribution in [1.29, 1.82) is 0 Å². The Morgan fingerprint density at radius 3 is 2.15 bits per heavy atom. The number of benzene rings is 2. The van der Waals surface area contributed by atoms with Gasteiger partial charge in [-0.05, 0) is 25.1 Å². The van der Waals surface area contributed by atoms with Crippen LogP contribution in [0.4, 0.5) is 11.4 Å². The van der Waals surface area contributed by atoms with E-state index in [1.807, 2.05) is 6.92 Å². The van der Waals surface area contributed by atoms with E-state index < -0.39 is 15.5 Å². The normalized spacial score (nSPS) is 10.1. The monoisotopic (exact) mass is 274 g/mol. The average molecular weight is 274 g/mol. The number of nitrogens with zero attached hydrogens (tertiary/aromatic N) is 2. The first-order chi connectivity index (χ1) is 9.47. The van der Waals surface area contributed by atoms with Gasteiger partial charge in [-0.25, -0.2) is 0 Å². The van der Waals surface area contributed by atoms with Gasteiger partial charge in [0.2, 0.25) is 5.75 Å². The molecule has 0 radical (unpaired) electrons. The van der Waals surface area contributed by atoms with Crippen molar-refractivity contribution in [3.8, 4) is 11.5 Å². The van der Waals surface area contributed by atoms with Crippen molar-refractivity contribution in [3.63, 3.8) is 0 Å². The molecule has 102 valence electrons. The molecule has 0 bridgehead atoms. The van der Waals surface area contributed by atoms with E-state index in [0.717, 1.165) is 17.7 Å². The van der Waals surface area contributed by atoms with Gasteiger partial charge in [0.05, 0.1) is 15.9 Å². The van der Waals surface area contributed by atoms with Crippen molar-refractivity contribution < 1.29 is 14.6 Å². The van der Waals surface area contributed by atoms with Gasteiger partial charge in [0.1, 0.15) is 5.75 Å². The predicted octanol–water partition coefficient (Wildman–Crippen LogP) is 3.60. The lowest BCUT2D eigenvalue weighted by Crippen LogP contribution is -1.96. The minimum atomic E-state index is -0.712. The average Bonchev–Trinajstić information content (AvgIpc) is 2.41. The summed E-state index contributed by atoms with van der Waals surface area (Å²) in [6, 6.07) is 10.2. The second-order valence-corrected chi connectivity index (χ2v) is 4.08. The fraction of sp³-hybridized carbons (Fsp3) is 0.0769. The van der Waals surface area contributed by atoms with Gasteiger partial charge in [-0.2, -0.15) is 0 Å². The lowest BCUT2D eigenvalue weighted by molar-refractivity contribution is -0.394. The summed E-state index contributed by atoms with van der Waals surface area (Å²) in [7, 11) is 0. The van der Waals surface area contributed by atoms with Crippen LogP contribution in [0.2, 0.25) is 0 Å². The molecule has 7 heteroatoms. The molecule has 20 heavy (non-hydrogen) atoms. The van der Waals surface area contributed by atoms with Crippen LogP contribution >= 0.6 is 0 Å². The van der Waals surface area contributed by atoms with Crippen LogP contribution in [0.3, 0.4) is 0 Å². The van der Waals surface area contributed by atoms with Gasteiger partial charge in [-0.15, -0.1) is 0 Å². The molecule has 0 atom stereocenters. The van der Waals surface area contributed by atoms with E-state index in [4.69, 9.17) is 4.74 Å². The van der Waals surface area contributed by atoms with Crippen LogP contribution in [-0.4, -0.2) is 9.85 Å². The van der Waals surface area contributed by atoms with Crippen molar-refractivity contribution >= 4 is 11.4 Å². The molecule has 0 amide bonds.